The summed E-state index contributed by atoms with van der Waals surface area (Å²) in [6.07, 6.45) is 3.08. The molecule has 7 nitrogen and oxygen atoms in total. The molecule has 7 heteroatoms. The maximum atomic E-state index is 12.1. The number of ether oxygens (including phenoxy) is 3. The summed E-state index contributed by atoms with van der Waals surface area (Å²) >= 11 is 0. The quantitative estimate of drug-likeness (QED) is 0.343. The zero-order valence-electron chi connectivity index (χ0n) is 18.2. The van der Waals surface area contributed by atoms with Crippen molar-refractivity contribution in [2.75, 3.05) is 6.61 Å². The van der Waals surface area contributed by atoms with Gasteiger partial charge in [0.15, 0.2) is 23.0 Å². The molecule has 0 aliphatic heterocycles. The van der Waals surface area contributed by atoms with E-state index in [9.17, 15) is 4.79 Å². The van der Waals surface area contributed by atoms with Crippen LogP contribution in [-0.4, -0.2) is 27.5 Å². The van der Waals surface area contributed by atoms with Crippen molar-refractivity contribution in [2.45, 2.75) is 20.1 Å². The van der Waals surface area contributed by atoms with Crippen molar-refractivity contribution in [3.63, 3.8) is 0 Å². The second kappa shape index (κ2) is 10.9. The lowest BCUT2D eigenvalue weighted by Gasteiger charge is -2.14. The van der Waals surface area contributed by atoms with Crippen molar-refractivity contribution in [3.05, 3.63) is 102 Å². The molecule has 2 aromatic heterocycles. The average molecular weight is 441 g/mol. The molecule has 2 aromatic carbocycles. The molecule has 4 aromatic rings. The molecule has 4 rings (SSSR count). The van der Waals surface area contributed by atoms with E-state index in [-0.39, 0.29) is 12.3 Å². The number of hydrogen-bond donors (Lipinski definition) is 0. The molecular weight excluding hydrogens is 418 g/mol. The Labute approximate surface area is 192 Å². The fourth-order valence-electron chi connectivity index (χ4n) is 3.04. The van der Waals surface area contributed by atoms with E-state index in [1.54, 1.807) is 19.2 Å². The summed E-state index contributed by atoms with van der Waals surface area (Å²) in [7, 11) is 0. The molecule has 33 heavy (non-hydrogen) atoms. The fraction of sp³-hybridized carbons (Fsp3) is 0.154. The fourth-order valence-corrected chi connectivity index (χ4v) is 3.04. The number of aromatic nitrogens is 3. The van der Waals surface area contributed by atoms with E-state index < -0.39 is 5.97 Å². The first-order chi connectivity index (χ1) is 16.2. The number of esters is 1. The Bertz CT molecular complexity index is 1200. The molecule has 0 saturated carbocycles. The highest BCUT2D eigenvalue weighted by Crippen LogP contribution is 2.31. The summed E-state index contributed by atoms with van der Waals surface area (Å²) in [5.41, 5.74) is 2.67. The number of hydrogen-bond acceptors (Lipinski definition) is 7. The molecule has 0 saturated heterocycles. The third-order valence-corrected chi connectivity index (χ3v) is 4.68. The molecular formula is C26H23N3O4. The minimum atomic E-state index is -0.510. The van der Waals surface area contributed by atoms with Gasteiger partial charge in [-0.1, -0.05) is 60.7 Å². The van der Waals surface area contributed by atoms with Crippen LogP contribution in [0.5, 0.6) is 11.5 Å². The summed E-state index contributed by atoms with van der Waals surface area (Å²) in [5, 5.41) is 0. The van der Waals surface area contributed by atoms with Crippen LogP contribution in [0.4, 0.5) is 0 Å². The van der Waals surface area contributed by atoms with Gasteiger partial charge in [0.05, 0.1) is 12.8 Å². The van der Waals surface area contributed by atoms with Crippen LogP contribution >= 0.6 is 0 Å². The largest absolute Gasteiger partial charge is 0.485 e. The first-order valence-corrected chi connectivity index (χ1v) is 10.6. The van der Waals surface area contributed by atoms with Crippen molar-refractivity contribution >= 4 is 5.97 Å². The van der Waals surface area contributed by atoms with Gasteiger partial charge in [-0.05, 0) is 24.1 Å². The molecule has 0 aliphatic carbocycles. The Morgan fingerprint density at radius 2 is 1.45 bits per heavy atom. The minimum absolute atomic E-state index is 0.166. The van der Waals surface area contributed by atoms with Crippen LogP contribution in [0, 0.1) is 0 Å². The molecule has 0 spiro atoms. The Morgan fingerprint density at radius 1 is 0.818 bits per heavy atom. The van der Waals surface area contributed by atoms with E-state index in [0.717, 1.165) is 11.1 Å². The molecule has 0 atom stereocenters. The molecule has 0 radical (unpaired) electrons. The van der Waals surface area contributed by atoms with Crippen molar-refractivity contribution in [3.8, 4) is 23.0 Å². The molecule has 0 amide bonds. The number of rotatable bonds is 9. The summed E-state index contributed by atoms with van der Waals surface area (Å²) < 4.78 is 17.1. The molecule has 2 heterocycles. The summed E-state index contributed by atoms with van der Waals surface area (Å²) in [4.78, 5) is 25.0. The van der Waals surface area contributed by atoms with Gasteiger partial charge in [-0.3, -0.25) is 0 Å². The lowest BCUT2D eigenvalue weighted by molar-refractivity contribution is 0.0519. The van der Waals surface area contributed by atoms with Crippen molar-refractivity contribution in [1.29, 1.82) is 0 Å². The lowest BCUT2D eigenvalue weighted by Crippen LogP contribution is -2.08. The van der Waals surface area contributed by atoms with Gasteiger partial charge in [-0.15, -0.1) is 0 Å². The predicted molar refractivity (Wildman–Crippen MR) is 123 cm³/mol. The minimum Gasteiger partial charge on any atom is -0.485 e. The number of pyridine rings is 1. The van der Waals surface area contributed by atoms with Crippen LogP contribution < -0.4 is 9.47 Å². The monoisotopic (exact) mass is 441 g/mol. The normalized spacial score (nSPS) is 10.5. The highest BCUT2D eigenvalue weighted by molar-refractivity contribution is 5.87. The first-order valence-electron chi connectivity index (χ1n) is 10.6. The van der Waals surface area contributed by atoms with Gasteiger partial charge in [0.25, 0.3) is 0 Å². The van der Waals surface area contributed by atoms with Crippen LogP contribution in [0.25, 0.3) is 11.5 Å². The average Bonchev–Trinajstić information content (AvgIpc) is 2.88. The molecule has 0 fully saturated rings. The number of carbonyl (C=O) groups excluding carboxylic acids is 1. The van der Waals surface area contributed by atoms with E-state index in [2.05, 4.69) is 15.0 Å². The van der Waals surface area contributed by atoms with Gasteiger partial charge < -0.3 is 14.2 Å². The second-order valence-corrected chi connectivity index (χ2v) is 7.05. The van der Waals surface area contributed by atoms with E-state index in [1.807, 2.05) is 60.7 Å². The van der Waals surface area contributed by atoms with Gasteiger partial charge in [0, 0.05) is 12.3 Å². The summed E-state index contributed by atoms with van der Waals surface area (Å²) in [6, 6.07) is 22.9. The second-order valence-electron chi connectivity index (χ2n) is 7.05. The molecule has 0 bridgehead atoms. The van der Waals surface area contributed by atoms with Crippen molar-refractivity contribution < 1.29 is 19.0 Å². The number of nitrogens with zero attached hydrogens (tertiary/aromatic N) is 3. The first kappa shape index (κ1) is 22.0. The Hall–Kier alpha value is -4.26. The molecule has 166 valence electrons. The summed E-state index contributed by atoms with van der Waals surface area (Å²) in [5.74, 6) is 0.786. The SMILES string of the molecule is CCOC(=O)c1ccnc(-c2cc(OCc3ccccc3)c(OCc3ccccc3)cn2)n1. The highest BCUT2D eigenvalue weighted by atomic mass is 16.5. The third kappa shape index (κ3) is 5.92. The van der Waals surface area contributed by atoms with Gasteiger partial charge >= 0.3 is 5.97 Å². The van der Waals surface area contributed by atoms with E-state index in [0.29, 0.717) is 36.2 Å². The van der Waals surface area contributed by atoms with E-state index >= 15 is 0 Å². The highest BCUT2D eigenvalue weighted by Gasteiger charge is 2.15. The van der Waals surface area contributed by atoms with Gasteiger partial charge in [0.1, 0.15) is 18.9 Å². The van der Waals surface area contributed by atoms with Gasteiger partial charge in [0.2, 0.25) is 0 Å². The molecule has 0 N–H and O–H groups in total. The Balaban J connectivity index is 1.60. The molecule has 0 unspecified atom stereocenters. The summed E-state index contributed by atoms with van der Waals surface area (Å²) in [6.45, 7) is 2.74. The van der Waals surface area contributed by atoms with E-state index in [4.69, 9.17) is 14.2 Å². The van der Waals surface area contributed by atoms with Gasteiger partial charge in [-0.2, -0.15) is 0 Å². The maximum absolute atomic E-state index is 12.1. The predicted octanol–water partition coefficient (Wildman–Crippen LogP) is 4.87. The third-order valence-electron chi connectivity index (χ3n) is 4.68. The van der Waals surface area contributed by atoms with Crippen LogP contribution in [-0.2, 0) is 18.0 Å². The maximum Gasteiger partial charge on any atom is 0.357 e. The van der Waals surface area contributed by atoms with Crippen LogP contribution in [0.1, 0.15) is 28.5 Å². The van der Waals surface area contributed by atoms with Crippen molar-refractivity contribution in [2.24, 2.45) is 0 Å². The number of benzene rings is 2. The number of carbonyl (C=O) groups is 1. The zero-order chi connectivity index (χ0) is 22.9. The topological polar surface area (TPSA) is 83.4 Å². The van der Waals surface area contributed by atoms with Crippen molar-refractivity contribution in [1.82, 2.24) is 15.0 Å². The van der Waals surface area contributed by atoms with E-state index in [1.165, 1.54) is 12.3 Å². The zero-order valence-corrected chi connectivity index (χ0v) is 18.2. The molecule has 0 aliphatic rings. The van der Waals surface area contributed by atoms with Crippen LogP contribution in [0.2, 0.25) is 0 Å². The Morgan fingerprint density at radius 3 is 2.09 bits per heavy atom. The standard InChI is InChI=1S/C26H23N3O4/c1-2-31-26(30)21-13-14-27-25(29-21)22-15-23(32-17-19-9-5-3-6-10-19)24(16-28-22)33-18-20-11-7-4-8-12-20/h3-16H,2,17-18H2,1H3. The van der Waals surface area contributed by atoms with Gasteiger partial charge in [-0.25, -0.2) is 19.7 Å². The van der Waals surface area contributed by atoms with Crippen LogP contribution in [0.3, 0.4) is 0 Å². The van der Waals surface area contributed by atoms with Crippen LogP contribution in [0.15, 0.2) is 85.2 Å². The lowest BCUT2D eigenvalue weighted by atomic mass is 10.2. The Kier molecular flexibility index (Phi) is 7.22. The smallest absolute Gasteiger partial charge is 0.357 e.